The zero-order valence-corrected chi connectivity index (χ0v) is 8.35. The van der Waals surface area contributed by atoms with Crippen LogP contribution in [0.4, 0.5) is 13.2 Å². The first-order valence-corrected chi connectivity index (χ1v) is 4.48. The Hall–Kier alpha value is -1.43. The number of ether oxygens (including phenoxy) is 2. The van der Waals surface area contributed by atoms with Crippen LogP contribution < -0.4 is 9.47 Å². The molecule has 0 saturated heterocycles. The summed E-state index contributed by atoms with van der Waals surface area (Å²) in [4.78, 5) is 10.9. The van der Waals surface area contributed by atoms with E-state index in [0.29, 0.717) is 0 Å². The molecule has 1 heterocycles. The maximum atomic E-state index is 12.2. The van der Waals surface area contributed by atoms with Gasteiger partial charge in [-0.1, -0.05) is 11.6 Å². The summed E-state index contributed by atoms with van der Waals surface area (Å²) in [5.41, 5.74) is -0.568. The van der Waals surface area contributed by atoms with E-state index in [9.17, 15) is 18.0 Å². The van der Waals surface area contributed by atoms with Crippen LogP contribution in [0.3, 0.4) is 0 Å². The largest absolute Gasteiger partial charge is 0.454 e. The SMILES string of the molecule is O=C(c1cc(Cl)c2c(c1)OCO2)C(F)(F)F. The molecule has 86 valence electrons. The first-order valence-electron chi connectivity index (χ1n) is 4.10. The van der Waals surface area contributed by atoms with Gasteiger partial charge in [0.25, 0.3) is 5.78 Å². The van der Waals surface area contributed by atoms with Gasteiger partial charge >= 0.3 is 6.18 Å². The van der Waals surface area contributed by atoms with Gasteiger partial charge < -0.3 is 9.47 Å². The highest BCUT2D eigenvalue weighted by atomic mass is 35.5. The quantitative estimate of drug-likeness (QED) is 0.721. The molecular weight excluding hydrogens is 249 g/mol. The highest BCUT2D eigenvalue weighted by Crippen LogP contribution is 2.40. The molecule has 0 N–H and O–H groups in total. The molecule has 0 aromatic heterocycles. The molecular formula is C9H4ClF3O3. The molecule has 1 aromatic rings. The number of alkyl halides is 3. The number of ketones is 1. The maximum Gasteiger partial charge on any atom is 0.454 e. The van der Waals surface area contributed by atoms with Crippen LogP contribution in [-0.2, 0) is 0 Å². The lowest BCUT2D eigenvalue weighted by Crippen LogP contribution is -2.22. The Morgan fingerprint density at radius 3 is 2.62 bits per heavy atom. The summed E-state index contributed by atoms with van der Waals surface area (Å²) in [6, 6.07) is 1.87. The summed E-state index contributed by atoms with van der Waals surface area (Å²) in [5, 5.41) is -0.0809. The second-order valence-electron chi connectivity index (χ2n) is 3.02. The minimum absolute atomic E-state index is 0.0418. The standard InChI is InChI=1S/C9H4ClF3O3/c10-5-1-4(8(14)9(11,12)13)2-6-7(5)16-3-15-6/h1-2H,3H2. The minimum Gasteiger partial charge on any atom is -0.454 e. The lowest BCUT2D eigenvalue weighted by atomic mass is 10.1. The van der Waals surface area contributed by atoms with Gasteiger partial charge in [-0.15, -0.1) is 0 Å². The lowest BCUT2D eigenvalue weighted by Gasteiger charge is -2.06. The van der Waals surface area contributed by atoms with Crippen molar-refractivity contribution in [1.29, 1.82) is 0 Å². The minimum atomic E-state index is -4.93. The molecule has 0 fully saturated rings. The fourth-order valence-electron chi connectivity index (χ4n) is 1.26. The molecule has 16 heavy (non-hydrogen) atoms. The smallest absolute Gasteiger partial charge is 0.454 e. The molecule has 1 aliphatic rings. The van der Waals surface area contributed by atoms with E-state index in [4.69, 9.17) is 21.1 Å². The molecule has 0 unspecified atom stereocenters. The van der Waals surface area contributed by atoms with Crippen molar-refractivity contribution in [3.8, 4) is 11.5 Å². The number of carbonyl (C=O) groups is 1. The maximum absolute atomic E-state index is 12.2. The van der Waals surface area contributed by atoms with Crippen molar-refractivity contribution in [3.05, 3.63) is 22.7 Å². The number of hydrogen-bond acceptors (Lipinski definition) is 3. The van der Waals surface area contributed by atoms with Gasteiger partial charge in [-0.05, 0) is 12.1 Å². The van der Waals surface area contributed by atoms with Crippen LogP contribution in [-0.4, -0.2) is 18.8 Å². The van der Waals surface area contributed by atoms with Crippen LogP contribution >= 0.6 is 11.6 Å². The van der Waals surface area contributed by atoms with Crippen molar-refractivity contribution in [2.45, 2.75) is 6.18 Å². The van der Waals surface area contributed by atoms with Gasteiger partial charge in [-0.25, -0.2) is 0 Å². The van der Waals surface area contributed by atoms with Crippen molar-refractivity contribution >= 4 is 17.4 Å². The predicted molar refractivity (Wildman–Crippen MR) is 48.0 cm³/mol. The van der Waals surface area contributed by atoms with E-state index in [1.165, 1.54) is 0 Å². The molecule has 0 saturated carbocycles. The molecule has 0 amide bonds. The van der Waals surface area contributed by atoms with E-state index >= 15 is 0 Å². The molecule has 0 atom stereocenters. The Labute approximate surface area is 92.7 Å². The molecule has 1 aliphatic heterocycles. The monoisotopic (exact) mass is 252 g/mol. The molecule has 3 nitrogen and oxygen atoms in total. The predicted octanol–water partition coefficient (Wildman–Crippen LogP) is 2.81. The number of rotatable bonds is 1. The Bertz CT molecular complexity index is 456. The Morgan fingerprint density at radius 1 is 1.31 bits per heavy atom. The van der Waals surface area contributed by atoms with Crippen molar-refractivity contribution in [1.82, 2.24) is 0 Å². The Kier molecular flexibility index (Phi) is 2.46. The van der Waals surface area contributed by atoms with Gasteiger partial charge in [0.1, 0.15) is 0 Å². The summed E-state index contributed by atoms with van der Waals surface area (Å²) in [6.45, 7) is -0.126. The summed E-state index contributed by atoms with van der Waals surface area (Å²) in [5.74, 6) is -1.77. The van der Waals surface area contributed by atoms with Crippen LogP contribution in [0, 0.1) is 0 Å². The second kappa shape index (κ2) is 3.55. The molecule has 0 aliphatic carbocycles. The summed E-state index contributed by atoms with van der Waals surface area (Å²) < 4.78 is 46.2. The zero-order valence-electron chi connectivity index (χ0n) is 7.60. The Morgan fingerprint density at radius 2 is 2.00 bits per heavy atom. The van der Waals surface area contributed by atoms with Crippen LogP contribution in [0.25, 0.3) is 0 Å². The number of halogens is 4. The second-order valence-corrected chi connectivity index (χ2v) is 3.43. The van der Waals surface area contributed by atoms with Crippen molar-refractivity contribution in [2.75, 3.05) is 6.79 Å². The van der Waals surface area contributed by atoms with E-state index in [2.05, 4.69) is 0 Å². The van der Waals surface area contributed by atoms with Crippen LogP contribution in [0.1, 0.15) is 10.4 Å². The highest BCUT2D eigenvalue weighted by Gasteiger charge is 2.40. The van der Waals surface area contributed by atoms with Crippen LogP contribution in [0.15, 0.2) is 12.1 Å². The molecule has 1 aromatic carbocycles. The molecule has 2 rings (SSSR count). The van der Waals surface area contributed by atoms with Crippen molar-refractivity contribution < 1.29 is 27.4 Å². The van der Waals surface area contributed by atoms with E-state index in [0.717, 1.165) is 12.1 Å². The summed E-state index contributed by atoms with van der Waals surface area (Å²) >= 11 is 5.64. The van der Waals surface area contributed by atoms with Gasteiger partial charge in [-0.2, -0.15) is 13.2 Å². The van der Waals surface area contributed by atoms with Crippen molar-refractivity contribution in [3.63, 3.8) is 0 Å². The number of hydrogen-bond donors (Lipinski definition) is 0. The zero-order chi connectivity index (χ0) is 11.9. The highest BCUT2D eigenvalue weighted by molar-refractivity contribution is 6.32. The van der Waals surface area contributed by atoms with E-state index in [-0.39, 0.29) is 23.3 Å². The number of benzene rings is 1. The summed E-state index contributed by atoms with van der Waals surface area (Å²) in [7, 11) is 0. The topological polar surface area (TPSA) is 35.5 Å². The first kappa shape index (κ1) is 11.1. The van der Waals surface area contributed by atoms with Gasteiger partial charge in [0, 0.05) is 5.56 Å². The average Bonchev–Trinajstić information content (AvgIpc) is 2.63. The van der Waals surface area contributed by atoms with Gasteiger partial charge in [0.15, 0.2) is 11.5 Å². The third-order valence-corrected chi connectivity index (χ3v) is 2.23. The lowest BCUT2D eigenvalue weighted by molar-refractivity contribution is -0.0885. The van der Waals surface area contributed by atoms with E-state index in [1.807, 2.05) is 0 Å². The Balaban J connectivity index is 2.45. The first-order chi connectivity index (χ1) is 7.39. The molecule has 0 spiro atoms. The van der Waals surface area contributed by atoms with Gasteiger partial charge in [-0.3, -0.25) is 4.79 Å². The fourth-order valence-corrected chi connectivity index (χ4v) is 1.53. The number of carbonyl (C=O) groups excluding carboxylic acids is 1. The molecule has 0 bridgehead atoms. The molecule has 7 heteroatoms. The van der Waals surface area contributed by atoms with E-state index in [1.54, 1.807) is 0 Å². The summed E-state index contributed by atoms with van der Waals surface area (Å²) in [6.07, 6.45) is -4.93. The third kappa shape index (κ3) is 1.80. The number of fused-ring (bicyclic) bond motifs is 1. The van der Waals surface area contributed by atoms with Crippen LogP contribution in [0.2, 0.25) is 5.02 Å². The average molecular weight is 253 g/mol. The van der Waals surface area contributed by atoms with Gasteiger partial charge in [0.2, 0.25) is 6.79 Å². The van der Waals surface area contributed by atoms with Crippen LogP contribution in [0.5, 0.6) is 11.5 Å². The van der Waals surface area contributed by atoms with Crippen molar-refractivity contribution in [2.24, 2.45) is 0 Å². The van der Waals surface area contributed by atoms with E-state index < -0.39 is 17.5 Å². The normalized spacial score (nSPS) is 14.0. The fraction of sp³-hybridized carbons (Fsp3) is 0.222. The van der Waals surface area contributed by atoms with Gasteiger partial charge in [0.05, 0.1) is 5.02 Å². The molecule has 0 radical (unpaired) electrons. The number of Topliss-reactive ketones (excluding diaryl/α,β-unsaturated/α-hetero) is 1. The third-order valence-electron chi connectivity index (χ3n) is 1.95.